The molecule has 3 rings (SSSR count). The molecule has 0 bridgehead atoms. The molecule has 0 fully saturated rings. The first-order valence-electron chi connectivity index (χ1n) is 6.25. The number of hydrogen-bond acceptors (Lipinski definition) is 4. The van der Waals surface area contributed by atoms with Gasteiger partial charge in [0.1, 0.15) is 5.75 Å². The number of ether oxygens (including phenoxy) is 1. The minimum absolute atomic E-state index is 0.597. The molecule has 2 aromatic heterocycles. The molecule has 5 heteroatoms. The van der Waals surface area contributed by atoms with Crippen molar-refractivity contribution in [3.05, 3.63) is 42.2 Å². The molecular weight excluding hydrogens is 242 g/mol. The maximum atomic E-state index is 5.35. The lowest BCUT2D eigenvalue weighted by molar-refractivity contribution is 0.375. The highest BCUT2D eigenvalue weighted by molar-refractivity contribution is 5.86. The number of rotatable bonds is 4. The predicted molar refractivity (Wildman–Crippen MR) is 71.3 cm³/mol. The van der Waals surface area contributed by atoms with E-state index < -0.39 is 0 Å². The van der Waals surface area contributed by atoms with Gasteiger partial charge >= 0.3 is 0 Å². The lowest BCUT2D eigenvalue weighted by Crippen LogP contribution is -2.00. The number of fused-ring (bicyclic) bond motifs is 1. The molecule has 98 valence electrons. The quantitative estimate of drug-likeness (QED) is 0.721. The Labute approximate surface area is 110 Å². The fourth-order valence-corrected chi connectivity index (χ4v) is 2.16. The average Bonchev–Trinajstić information content (AvgIpc) is 3.06. The molecule has 0 N–H and O–H groups in total. The summed E-state index contributed by atoms with van der Waals surface area (Å²) in [5.74, 6) is 2.24. The lowest BCUT2D eigenvalue weighted by Gasteiger charge is -2.04. The summed E-state index contributed by atoms with van der Waals surface area (Å²) in [5, 5.41) is 5.06. The van der Waals surface area contributed by atoms with E-state index in [1.165, 1.54) is 0 Å². The molecule has 5 nitrogen and oxygen atoms in total. The van der Waals surface area contributed by atoms with E-state index in [1.54, 1.807) is 7.11 Å². The summed E-state index contributed by atoms with van der Waals surface area (Å²) in [6.45, 7) is 2.59. The summed E-state index contributed by atoms with van der Waals surface area (Å²) >= 11 is 0. The number of aromatic nitrogens is 3. The lowest BCUT2D eigenvalue weighted by atomic mass is 10.2. The molecule has 3 aromatic rings. The standard InChI is InChI=1S/C14H15N3O2/c1-3-14-15-13(16-19-14)9-17-8-7-10-11(17)5-4-6-12(10)18-2/h4-8H,3,9H2,1-2H3. The Morgan fingerprint density at radius 2 is 2.21 bits per heavy atom. The van der Waals surface area contributed by atoms with Gasteiger partial charge in [0.15, 0.2) is 5.82 Å². The smallest absolute Gasteiger partial charge is 0.226 e. The van der Waals surface area contributed by atoms with Crippen LogP contribution in [0.3, 0.4) is 0 Å². The molecule has 1 aromatic carbocycles. The summed E-state index contributed by atoms with van der Waals surface area (Å²) in [5.41, 5.74) is 1.10. The van der Waals surface area contributed by atoms with E-state index in [0.29, 0.717) is 18.3 Å². The van der Waals surface area contributed by atoms with Crippen LogP contribution < -0.4 is 4.74 Å². The highest BCUT2D eigenvalue weighted by Crippen LogP contribution is 2.26. The number of benzene rings is 1. The van der Waals surface area contributed by atoms with Crippen LogP contribution in [0.25, 0.3) is 10.9 Å². The molecule has 0 aliphatic heterocycles. The van der Waals surface area contributed by atoms with Gasteiger partial charge in [-0.25, -0.2) is 0 Å². The third kappa shape index (κ3) is 2.07. The maximum absolute atomic E-state index is 5.35. The van der Waals surface area contributed by atoms with Crippen molar-refractivity contribution in [1.29, 1.82) is 0 Å². The number of hydrogen-bond donors (Lipinski definition) is 0. The second-order valence-corrected chi connectivity index (χ2v) is 4.29. The second-order valence-electron chi connectivity index (χ2n) is 4.29. The Kier molecular flexibility index (Phi) is 2.95. The summed E-state index contributed by atoms with van der Waals surface area (Å²) in [4.78, 5) is 4.32. The van der Waals surface area contributed by atoms with Gasteiger partial charge < -0.3 is 13.8 Å². The van der Waals surface area contributed by atoms with Gasteiger partial charge in [-0.15, -0.1) is 0 Å². The molecule has 0 saturated carbocycles. The molecule has 0 atom stereocenters. The molecule has 0 spiro atoms. The summed E-state index contributed by atoms with van der Waals surface area (Å²) in [6.07, 6.45) is 2.77. The van der Waals surface area contributed by atoms with Crippen LogP contribution in [0.5, 0.6) is 5.75 Å². The Hall–Kier alpha value is -2.30. The molecule has 0 radical (unpaired) electrons. The van der Waals surface area contributed by atoms with Crippen molar-refractivity contribution in [3.63, 3.8) is 0 Å². The largest absolute Gasteiger partial charge is 0.496 e. The first-order valence-corrected chi connectivity index (χ1v) is 6.25. The highest BCUT2D eigenvalue weighted by atomic mass is 16.5. The Morgan fingerprint density at radius 1 is 1.32 bits per heavy atom. The van der Waals surface area contributed by atoms with Crippen molar-refractivity contribution >= 4 is 10.9 Å². The van der Waals surface area contributed by atoms with Gasteiger partial charge in [-0.3, -0.25) is 0 Å². The first-order chi connectivity index (χ1) is 9.31. The topological polar surface area (TPSA) is 53.1 Å². The summed E-state index contributed by atoms with van der Waals surface area (Å²) in [6, 6.07) is 8.02. The van der Waals surface area contributed by atoms with E-state index in [-0.39, 0.29) is 0 Å². The van der Waals surface area contributed by atoms with Crippen molar-refractivity contribution < 1.29 is 9.26 Å². The number of aryl methyl sites for hydroxylation is 1. The SMILES string of the molecule is CCc1nc(Cn2ccc3c(OC)cccc32)no1. The van der Waals surface area contributed by atoms with Crippen molar-refractivity contribution in [2.45, 2.75) is 19.9 Å². The average molecular weight is 257 g/mol. The second kappa shape index (κ2) is 4.76. The summed E-state index contributed by atoms with van der Waals surface area (Å²) in [7, 11) is 1.68. The Bertz CT molecular complexity index is 700. The maximum Gasteiger partial charge on any atom is 0.226 e. The van der Waals surface area contributed by atoms with Crippen LogP contribution in [0.4, 0.5) is 0 Å². The van der Waals surface area contributed by atoms with Crippen molar-refractivity contribution in [3.8, 4) is 5.75 Å². The van der Waals surface area contributed by atoms with Crippen LogP contribution in [-0.4, -0.2) is 21.8 Å². The predicted octanol–water partition coefficient (Wildman–Crippen LogP) is 2.64. The van der Waals surface area contributed by atoms with Gasteiger partial charge in [0.05, 0.1) is 19.2 Å². The Morgan fingerprint density at radius 3 is 2.95 bits per heavy atom. The minimum atomic E-state index is 0.597. The minimum Gasteiger partial charge on any atom is -0.496 e. The monoisotopic (exact) mass is 257 g/mol. The van der Waals surface area contributed by atoms with Gasteiger partial charge in [-0.05, 0) is 18.2 Å². The van der Waals surface area contributed by atoms with Gasteiger partial charge in [0, 0.05) is 18.0 Å². The normalized spacial score (nSPS) is 11.1. The van der Waals surface area contributed by atoms with Crippen LogP contribution >= 0.6 is 0 Å². The third-order valence-corrected chi connectivity index (χ3v) is 3.12. The van der Waals surface area contributed by atoms with Gasteiger partial charge in [0.2, 0.25) is 5.89 Å². The molecule has 0 aliphatic rings. The molecular formula is C14H15N3O2. The molecule has 19 heavy (non-hydrogen) atoms. The van der Waals surface area contributed by atoms with Gasteiger partial charge in [0.25, 0.3) is 0 Å². The zero-order valence-electron chi connectivity index (χ0n) is 11.0. The van der Waals surface area contributed by atoms with E-state index in [9.17, 15) is 0 Å². The fraction of sp³-hybridized carbons (Fsp3) is 0.286. The van der Waals surface area contributed by atoms with Crippen LogP contribution in [0.1, 0.15) is 18.6 Å². The number of methoxy groups -OCH3 is 1. The zero-order chi connectivity index (χ0) is 13.2. The van der Waals surface area contributed by atoms with Crippen molar-refractivity contribution in [1.82, 2.24) is 14.7 Å². The molecule has 2 heterocycles. The van der Waals surface area contributed by atoms with E-state index >= 15 is 0 Å². The summed E-state index contributed by atoms with van der Waals surface area (Å²) < 4.78 is 12.6. The van der Waals surface area contributed by atoms with Crippen molar-refractivity contribution in [2.24, 2.45) is 0 Å². The first kappa shape index (κ1) is 11.8. The van der Waals surface area contributed by atoms with Crippen LogP contribution in [-0.2, 0) is 13.0 Å². The Balaban J connectivity index is 1.97. The third-order valence-electron chi connectivity index (χ3n) is 3.12. The van der Waals surface area contributed by atoms with Gasteiger partial charge in [-0.1, -0.05) is 18.1 Å². The number of nitrogens with zero attached hydrogens (tertiary/aromatic N) is 3. The van der Waals surface area contributed by atoms with E-state index in [2.05, 4.69) is 20.8 Å². The van der Waals surface area contributed by atoms with Gasteiger partial charge in [-0.2, -0.15) is 4.98 Å². The molecule has 0 unspecified atom stereocenters. The van der Waals surface area contributed by atoms with E-state index in [4.69, 9.17) is 9.26 Å². The zero-order valence-corrected chi connectivity index (χ0v) is 11.0. The molecule has 0 saturated heterocycles. The fourth-order valence-electron chi connectivity index (χ4n) is 2.16. The van der Waals surface area contributed by atoms with Crippen molar-refractivity contribution in [2.75, 3.05) is 7.11 Å². The van der Waals surface area contributed by atoms with E-state index in [0.717, 1.165) is 23.1 Å². The molecule has 0 amide bonds. The van der Waals surface area contributed by atoms with Crippen LogP contribution in [0.2, 0.25) is 0 Å². The van der Waals surface area contributed by atoms with E-state index in [1.807, 2.05) is 31.3 Å². The van der Waals surface area contributed by atoms with Crippen LogP contribution in [0.15, 0.2) is 35.0 Å². The highest BCUT2D eigenvalue weighted by Gasteiger charge is 2.09. The molecule has 0 aliphatic carbocycles. The van der Waals surface area contributed by atoms with Crippen LogP contribution in [0, 0.1) is 0 Å².